The predicted molar refractivity (Wildman–Crippen MR) is 83.5 cm³/mol. The summed E-state index contributed by atoms with van der Waals surface area (Å²) in [6.07, 6.45) is 3.46. The standard InChI is InChI=1S/C14H16IN3/c1-10-9-11(14(2,3)15)5-6-12(10)18-13-16-7-4-8-17-13/h4-9H,1-3H3,(H,16,17,18). The number of rotatable bonds is 3. The number of hydrogen-bond acceptors (Lipinski definition) is 3. The minimum absolute atomic E-state index is 0.143. The van der Waals surface area contributed by atoms with E-state index in [1.54, 1.807) is 18.5 Å². The first-order valence-corrected chi connectivity index (χ1v) is 6.89. The summed E-state index contributed by atoms with van der Waals surface area (Å²) in [6, 6.07) is 8.24. The molecule has 0 spiro atoms. The van der Waals surface area contributed by atoms with E-state index >= 15 is 0 Å². The second kappa shape index (κ2) is 5.22. The number of hydrogen-bond donors (Lipinski definition) is 1. The van der Waals surface area contributed by atoms with Crippen molar-refractivity contribution in [3.63, 3.8) is 0 Å². The Morgan fingerprint density at radius 3 is 2.39 bits per heavy atom. The lowest BCUT2D eigenvalue weighted by atomic mass is 10.0. The van der Waals surface area contributed by atoms with Crippen LogP contribution in [-0.2, 0) is 3.42 Å². The smallest absolute Gasteiger partial charge is 0.227 e. The zero-order chi connectivity index (χ0) is 13.2. The number of anilines is 2. The second-order valence-electron chi connectivity index (χ2n) is 4.70. The van der Waals surface area contributed by atoms with Gasteiger partial charge in [0.15, 0.2) is 0 Å². The van der Waals surface area contributed by atoms with Crippen LogP contribution in [0, 0.1) is 6.92 Å². The Morgan fingerprint density at radius 2 is 1.83 bits per heavy atom. The fraction of sp³-hybridized carbons (Fsp3) is 0.286. The van der Waals surface area contributed by atoms with Gasteiger partial charge in [0.05, 0.1) is 0 Å². The Labute approximate surface area is 121 Å². The summed E-state index contributed by atoms with van der Waals surface area (Å²) in [5.74, 6) is 0.627. The molecule has 0 amide bonds. The largest absolute Gasteiger partial charge is 0.324 e. The van der Waals surface area contributed by atoms with Gasteiger partial charge in [0, 0.05) is 21.5 Å². The third-order valence-electron chi connectivity index (χ3n) is 2.73. The van der Waals surface area contributed by atoms with Crippen LogP contribution >= 0.6 is 22.6 Å². The van der Waals surface area contributed by atoms with Crippen molar-refractivity contribution in [2.75, 3.05) is 5.32 Å². The van der Waals surface area contributed by atoms with Gasteiger partial charge < -0.3 is 5.32 Å². The van der Waals surface area contributed by atoms with Crippen LogP contribution in [0.15, 0.2) is 36.7 Å². The lowest BCUT2D eigenvalue weighted by molar-refractivity contribution is 0.825. The summed E-state index contributed by atoms with van der Waals surface area (Å²) in [5.41, 5.74) is 3.57. The van der Waals surface area contributed by atoms with E-state index in [4.69, 9.17) is 0 Å². The molecule has 0 fully saturated rings. The summed E-state index contributed by atoms with van der Waals surface area (Å²) < 4.78 is 0.143. The fourth-order valence-corrected chi connectivity index (χ4v) is 1.99. The van der Waals surface area contributed by atoms with Crippen molar-refractivity contribution in [3.8, 4) is 0 Å². The van der Waals surface area contributed by atoms with Crippen molar-refractivity contribution in [2.45, 2.75) is 24.2 Å². The second-order valence-corrected chi connectivity index (χ2v) is 7.40. The van der Waals surface area contributed by atoms with Crippen molar-refractivity contribution in [3.05, 3.63) is 47.8 Å². The summed E-state index contributed by atoms with van der Waals surface area (Å²) >= 11 is 2.45. The zero-order valence-corrected chi connectivity index (χ0v) is 12.9. The number of benzene rings is 1. The number of nitrogens with zero attached hydrogens (tertiary/aromatic N) is 2. The molecule has 1 N–H and O–H groups in total. The summed E-state index contributed by atoms with van der Waals surface area (Å²) in [4.78, 5) is 8.33. The minimum Gasteiger partial charge on any atom is -0.324 e. The first-order valence-electron chi connectivity index (χ1n) is 5.81. The van der Waals surface area contributed by atoms with Gasteiger partial charge in [-0.1, -0.05) is 34.7 Å². The highest BCUT2D eigenvalue weighted by Crippen LogP contribution is 2.32. The van der Waals surface area contributed by atoms with Crippen molar-refractivity contribution in [1.82, 2.24) is 9.97 Å². The van der Waals surface area contributed by atoms with Gasteiger partial charge in [-0.05, 0) is 44.0 Å². The highest BCUT2D eigenvalue weighted by Gasteiger charge is 2.16. The molecular weight excluding hydrogens is 337 g/mol. The van der Waals surface area contributed by atoms with E-state index in [-0.39, 0.29) is 3.42 Å². The molecule has 3 nitrogen and oxygen atoms in total. The van der Waals surface area contributed by atoms with Crippen LogP contribution in [-0.4, -0.2) is 9.97 Å². The van der Waals surface area contributed by atoms with Gasteiger partial charge in [-0.15, -0.1) is 0 Å². The Bertz CT molecular complexity index is 532. The molecule has 1 heterocycles. The number of aryl methyl sites for hydroxylation is 1. The number of aromatic nitrogens is 2. The molecule has 0 saturated carbocycles. The molecule has 2 aromatic rings. The van der Waals surface area contributed by atoms with Gasteiger partial charge in [-0.2, -0.15) is 0 Å². The Kier molecular flexibility index (Phi) is 3.85. The maximum Gasteiger partial charge on any atom is 0.227 e. The maximum absolute atomic E-state index is 4.16. The normalized spacial score (nSPS) is 11.3. The van der Waals surface area contributed by atoms with Crippen LogP contribution < -0.4 is 5.32 Å². The topological polar surface area (TPSA) is 37.8 Å². The highest BCUT2D eigenvalue weighted by atomic mass is 127. The van der Waals surface area contributed by atoms with Gasteiger partial charge in [-0.3, -0.25) is 0 Å². The molecule has 0 atom stereocenters. The summed E-state index contributed by atoms with van der Waals surface area (Å²) in [7, 11) is 0. The van der Waals surface area contributed by atoms with E-state index in [0.717, 1.165) is 5.69 Å². The van der Waals surface area contributed by atoms with Gasteiger partial charge in [0.25, 0.3) is 0 Å². The van der Waals surface area contributed by atoms with E-state index < -0.39 is 0 Å². The predicted octanol–water partition coefficient (Wildman–Crippen LogP) is 4.20. The van der Waals surface area contributed by atoms with Crippen molar-refractivity contribution >= 4 is 34.2 Å². The summed E-state index contributed by atoms with van der Waals surface area (Å²) in [5, 5.41) is 3.23. The third-order valence-corrected chi connectivity index (χ3v) is 3.35. The van der Waals surface area contributed by atoms with Gasteiger partial charge in [0.1, 0.15) is 0 Å². The Balaban J connectivity index is 2.26. The minimum atomic E-state index is 0.143. The first kappa shape index (κ1) is 13.3. The van der Waals surface area contributed by atoms with E-state index in [1.165, 1.54) is 11.1 Å². The molecular formula is C14H16IN3. The third kappa shape index (κ3) is 3.19. The molecule has 18 heavy (non-hydrogen) atoms. The van der Waals surface area contributed by atoms with Gasteiger partial charge >= 0.3 is 0 Å². The lowest BCUT2D eigenvalue weighted by Crippen LogP contribution is -2.07. The molecule has 0 aliphatic heterocycles. The lowest BCUT2D eigenvalue weighted by Gasteiger charge is -2.19. The van der Waals surface area contributed by atoms with Gasteiger partial charge in [0.2, 0.25) is 5.95 Å². The Hall–Kier alpha value is -1.17. The van der Waals surface area contributed by atoms with Crippen LogP contribution in [0.1, 0.15) is 25.0 Å². The van der Waals surface area contributed by atoms with Crippen molar-refractivity contribution in [2.24, 2.45) is 0 Å². The van der Waals surface area contributed by atoms with Crippen molar-refractivity contribution in [1.29, 1.82) is 0 Å². The molecule has 0 aliphatic carbocycles. The average Bonchev–Trinajstić information content (AvgIpc) is 2.32. The highest BCUT2D eigenvalue weighted by molar-refractivity contribution is 14.1. The quantitative estimate of drug-likeness (QED) is 0.664. The Morgan fingerprint density at radius 1 is 1.17 bits per heavy atom. The number of halogens is 1. The maximum atomic E-state index is 4.16. The van der Waals surface area contributed by atoms with E-state index in [9.17, 15) is 0 Å². The monoisotopic (exact) mass is 353 g/mol. The molecule has 2 rings (SSSR count). The molecule has 0 bridgehead atoms. The zero-order valence-electron chi connectivity index (χ0n) is 10.7. The van der Waals surface area contributed by atoms with E-state index in [0.29, 0.717) is 5.95 Å². The first-order chi connectivity index (χ1) is 8.47. The molecule has 0 saturated heterocycles. The van der Waals surface area contributed by atoms with Crippen LogP contribution in [0.3, 0.4) is 0 Å². The average molecular weight is 353 g/mol. The molecule has 0 radical (unpaired) electrons. The molecule has 4 heteroatoms. The number of nitrogens with one attached hydrogen (secondary N) is 1. The van der Waals surface area contributed by atoms with E-state index in [2.05, 4.69) is 76.8 Å². The van der Waals surface area contributed by atoms with Crippen LogP contribution in [0.5, 0.6) is 0 Å². The molecule has 0 aliphatic rings. The van der Waals surface area contributed by atoms with Crippen molar-refractivity contribution < 1.29 is 0 Å². The molecule has 94 valence electrons. The number of alkyl halides is 1. The fourth-order valence-electron chi connectivity index (χ4n) is 1.66. The molecule has 1 aromatic heterocycles. The molecule has 1 aromatic carbocycles. The van der Waals surface area contributed by atoms with E-state index in [1.807, 2.05) is 0 Å². The van der Waals surface area contributed by atoms with Gasteiger partial charge in [-0.25, -0.2) is 9.97 Å². The SMILES string of the molecule is Cc1cc(C(C)(C)I)ccc1Nc1ncccn1. The van der Waals surface area contributed by atoms with Crippen LogP contribution in [0.4, 0.5) is 11.6 Å². The summed E-state index contributed by atoms with van der Waals surface area (Å²) in [6.45, 7) is 6.50. The van der Waals surface area contributed by atoms with Crippen LogP contribution in [0.2, 0.25) is 0 Å². The van der Waals surface area contributed by atoms with Crippen LogP contribution in [0.25, 0.3) is 0 Å². The molecule has 0 unspecified atom stereocenters.